The van der Waals surface area contributed by atoms with Gasteiger partial charge >= 0.3 is 6.18 Å². The van der Waals surface area contributed by atoms with Crippen LogP contribution in [0.25, 0.3) is 0 Å². The Morgan fingerprint density at radius 1 is 1.12 bits per heavy atom. The highest BCUT2D eigenvalue weighted by molar-refractivity contribution is 6.18. The summed E-state index contributed by atoms with van der Waals surface area (Å²) in [6.45, 7) is 0. The summed E-state index contributed by atoms with van der Waals surface area (Å²) in [4.78, 5) is 16.3. The predicted octanol–water partition coefficient (Wildman–Crippen LogP) is 1.47. The molecule has 3 rings (SSSR count). The van der Waals surface area contributed by atoms with Crippen molar-refractivity contribution >= 4 is 24.0 Å². The zero-order chi connectivity index (χ0) is 12.0. The smallest absolute Gasteiger partial charge is 0.246 e. The molecule has 0 saturated carbocycles. The van der Waals surface area contributed by atoms with Crippen molar-refractivity contribution in [1.29, 1.82) is 0 Å². The number of hydrogen-bond acceptors (Lipinski definition) is 5. The van der Waals surface area contributed by atoms with E-state index in [1.165, 1.54) is 17.2 Å². The van der Waals surface area contributed by atoms with Crippen LogP contribution in [0.4, 0.5) is 13.2 Å². The third-order valence-electron chi connectivity index (χ3n) is 2.24. The van der Waals surface area contributed by atoms with Gasteiger partial charge in [0.1, 0.15) is 6.34 Å². The van der Waals surface area contributed by atoms with Crippen LogP contribution in [0.3, 0.4) is 0 Å². The van der Waals surface area contributed by atoms with Gasteiger partial charge in [0.25, 0.3) is 0 Å². The van der Waals surface area contributed by atoms with Crippen molar-refractivity contribution in [2.75, 3.05) is 0 Å². The van der Waals surface area contributed by atoms with Gasteiger partial charge in [-0.25, -0.2) is 24.9 Å². The molecule has 0 aromatic heterocycles. The molecule has 0 spiro atoms. The molecule has 5 nitrogen and oxygen atoms in total. The first kappa shape index (κ1) is 9.94. The highest BCUT2D eigenvalue weighted by Gasteiger charge is 2.39. The SMILES string of the molecule is FC(F)(F)C1=NC2=NC=NC3=NC=CC(=C1)N32. The molecule has 3 aliphatic heterocycles. The lowest BCUT2D eigenvalue weighted by atomic mass is 10.2. The minimum absolute atomic E-state index is 0.0760. The molecule has 3 heterocycles. The minimum Gasteiger partial charge on any atom is -0.246 e. The Hall–Kier alpha value is -2.25. The van der Waals surface area contributed by atoms with Crippen molar-refractivity contribution in [3.63, 3.8) is 0 Å². The normalized spacial score (nSPS) is 21.5. The molecular formula is C9H4F3N5. The standard InChI is InChI=1S/C9H4F3N5/c10-9(11,12)6-3-5-1-2-13-7-14-4-15-8(16-6)17(5)7/h1-4H. The van der Waals surface area contributed by atoms with Gasteiger partial charge in [0, 0.05) is 6.20 Å². The van der Waals surface area contributed by atoms with Gasteiger partial charge in [-0.05, 0) is 12.2 Å². The number of halogens is 3. The maximum atomic E-state index is 12.6. The Morgan fingerprint density at radius 2 is 1.94 bits per heavy atom. The zero-order valence-electron chi connectivity index (χ0n) is 8.18. The topological polar surface area (TPSA) is 52.7 Å². The number of hydrogen-bond donors (Lipinski definition) is 0. The van der Waals surface area contributed by atoms with Gasteiger partial charge in [-0.2, -0.15) is 13.2 Å². The number of alkyl halides is 3. The molecule has 3 aliphatic rings. The van der Waals surface area contributed by atoms with Gasteiger partial charge in [-0.1, -0.05) is 0 Å². The second kappa shape index (κ2) is 3.12. The Morgan fingerprint density at radius 3 is 2.71 bits per heavy atom. The molecule has 0 N–H and O–H groups in total. The number of nitrogens with zero attached hydrogens (tertiary/aromatic N) is 5. The van der Waals surface area contributed by atoms with Crippen LogP contribution in [-0.2, 0) is 0 Å². The molecule has 86 valence electrons. The molecule has 0 radical (unpaired) electrons. The van der Waals surface area contributed by atoms with Gasteiger partial charge in [-0.3, -0.25) is 0 Å². The van der Waals surface area contributed by atoms with Crippen molar-refractivity contribution in [2.45, 2.75) is 6.18 Å². The Labute approximate surface area is 93.1 Å². The average molecular weight is 239 g/mol. The van der Waals surface area contributed by atoms with Crippen LogP contribution < -0.4 is 0 Å². The monoisotopic (exact) mass is 239 g/mol. The van der Waals surface area contributed by atoms with E-state index in [1.807, 2.05) is 0 Å². The van der Waals surface area contributed by atoms with Crippen LogP contribution in [0.2, 0.25) is 0 Å². The number of allylic oxidation sites excluding steroid dienone is 2. The summed E-state index contributed by atoms with van der Waals surface area (Å²) in [5, 5.41) is 0. The molecule has 0 aliphatic carbocycles. The van der Waals surface area contributed by atoms with E-state index in [2.05, 4.69) is 20.0 Å². The lowest BCUT2D eigenvalue weighted by Crippen LogP contribution is -2.42. The van der Waals surface area contributed by atoms with E-state index >= 15 is 0 Å². The van der Waals surface area contributed by atoms with E-state index in [9.17, 15) is 13.2 Å². The van der Waals surface area contributed by atoms with Crippen molar-refractivity contribution < 1.29 is 13.2 Å². The first-order valence-electron chi connectivity index (χ1n) is 4.58. The first-order chi connectivity index (χ1) is 8.05. The summed E-state index contributed by atoms with van der Waals surface area (Å²) in [5.41, 5.74) is -0.684. The van der Waals surface area contributed by atoms with E-state index < -0.39 is 11.9 Å². The van der Waals surface area contributed by atoms with Crippen molar-refractivity contribution in [2.24, 2.45) is 20.0 Å². The van der Waals surface area contributed by atoms with Crippen LogP contribution in [0, 0.1) is 0 Å². The summed E-state index contributed by atoms with van der Waals surface area (Å²) in [7, 11) is 0. The predicted molar refractivity (Wildman–Crippen MR) is 55.9 cm³/mol. The molecule has 17 heavy (non-hydrogen) atoms. The molecule has 0 atom stereocenters. The third kappa shape index (κ3) is 1.49. The maximum Gasteiger partial charge on any atom is 0.433 e. The number of aliphatic imine (C=N–C) groups is 4. The van der Waals surface area contributed by atoms with Crippen LogP contribution in [0.5, 0.6) is 0 Å². The summed E-state index contributed by atoms with van der Waals surface area (Å²) in [6, 6.07) is 0. The second-order valence-corrected chi connectivity index (χ2v) is 3.32. The van der Waals surface area contributed by atoms with Crippen molar-refractivity contribution in [3.8, 4) is 0 Å². The Balaban J connectivity index is 2.15. The van der Waals surface area contributed by atoms with E-state index in [1.54, 1.807) is 0 Å². The molecule has 0 aromatic carbocycles. The van der Waals surface area contributed by atoms with Gasteiger partial charge in [0.2, 0.25) is 11.9 Å². The van der Waals surface area contributed by atoms with Crippen LogP contribution in [-0.4, -0.2) is 35.0 Å². The van der Waals surface area contributed by atoms with Crippen molar-refractivity contribution in [1.82, 2.24) is 4.90 Å². The van der Waals surface area contributed by atoms with E-state index in [0.717, 1.165) is 12.4 Å². The first-order valence-corrected chi connectivity index (χ1v) is 4.58. The van der Waals surface area contributed by atoms with E-state index in [4.69, 9.17) is 0 Å². The van der Waals surface area contributed by atoms with Crippen molar-refractivity contribution in [3.05, 3.63) is 24.0 Å². The van der Waals surface area contributed by atoms with Gasteiger partial charge in [0.15, 0.2) is 5.71 Å². The van der Waals surface area contributed by atoms with Crippen LogP contribution >= 0.6 is 0 Å². The quantitative estimate of drug-likeness (QED) is 0.631. The fraction of sp³-hybridized carbons (Fsp3) is 0.111. The van der Waals surface area contributed by atoms with Gasteiger partial charge in [-0.15, -0.1) is 0 Å². The lowest BCUT2D eigenvalue weighted by molar-refractivity contribution is -0.0577. The van der Waals surface area contributed by atoms with E-state index in [0.29, 0.717) is 5.70 Å². The average Bonchev–Trinajstić information content (AvgIpc) is 2.28. The molecule has 0 unspecified atom stereocenters. The minimum atomic E-state index is -4.50. The summed E-state index contributed by atoms with van der Waals surface area (Å²) in [6.07, 6.45) is 0.394. The van der Waals surface area contributed by atoms with Gasteiger partial charge < -0.3 is 0 Å². The number of guanidine groups is 2. The third-order valence-corrected chi connectivity index (χ3v) is 2.24. The molecule has 8 heteroatoms. The van der Waals surface area contributed by atoms with Crippen LogP contribution in [0.15, 0.2) is 44.0 Å². The fourth-order valence-corrected chi connectivity index (χ4v) is 1.53. The fourth-order valence-electron chi connectivity index (χ4n) is 1.53. The molecule has 0 aromatic rings. The summed E-state index contributed by atoms with van der Waals surface area (Å²) >= 11 is 0. The number of rotatable bonds is 0. The maximum absolute atomic E-state index is 12.6. The Bertz CT molecular complexity index is 560. The second-order valence-electron chi connectivity index (χ2n) is 3.32. The Kier molecular flexibility index (Phi) is 1.83. The zero-order valence-corrected chi connectivity index (χ0v) is 8.18. The van der Waals surface area contributed by atoms with E-state index in [-0.39, 0.29) is 11.9 Å². The highest BCUT2D eigenvalue weighted by Crippen LogP contribution is 2.27. The molecule has 0 saturated heterocycles. The molecule has 0 fully saturated rings. The van der Waals surface area contributed by atoms with Crippen LogP contribution in [0.1, 0.15) is 0 Å². The lowest BCUT2D eigenvalue weighted by Gasteiger charge is -2.30. The summed E-state index contributed by atoms with van der Waals surface area (Å²) < 4.78 is 37.8. The molecule has 0 amide bonds. The highest BCUT2D eigenvalue weighted by atomic mass is 19.4. The molecule has 0 bridgehead atoms. The summed E-state index contributed by atoms with van der Waals surface area (Å²) in [5.74, 6) is 0.182. The molecular weight excluding hydrogens is 235 g/mol. The largest absolute Gasteiger partial charge is 0.433 e. The van der Waals surface area contributed by atoms with Gasteiger partial charge in [0.05, 0.1) is 5.70 Å².